The van der Waals surface area contributed by atoms with E-state index in [1.54, 1.807) is 0 Å². The van der Waals surface area contributed by atoms with Crippen molar-refractivity contribution in [2.75, 3.05) is 0 Å². The maximum atomic E-state index is 6.48. The monoisotopic (exact) mass is 630 g/mol. The van der Waals surface area contributed by atoms with Gasteiger partial charge in [0.1, 0.15) is 11.1 Å². The lowest BCUT2D eigenvalue weighted by molar-refractivity contribution is 0.651. The van der Waals surface area contributed by atoms with Crippen LogP contribution in [0.2, 0.25) is 0 Å². The minimum Gasteiger partial charge on any atom is -0.437 e. The molecule has 0 amide bonds. The highest BCUT2D eigenvalue weighted by Gasteiger charge is 2.23. The van der Waals surface area contributed by atoms with E-state index in [0.29, 0.717) is 17.5 Å². The van der Waals surface area contributed by atoms with Crippen LogP contribution in [0.1, 0.15) is 0 Å². The molecule has 4 heterocycles. The molecule has 7 nitrogen and oxygen atoms in total. The maximum Gasteiger partial charge on any atom is 0.232 e. The fourth-order valence-corrected chi connectivity index (χ4v) is 6.66. The van der Waals surface area contributed by atoms with Gasteiger partial charge < -0.3 is 4.42 Å². The summed E-state index contributed by atoms with van der Waals surface area (Å²) in [5.74, 6) is 2.58. The van der Waals surface area contributed by atoms with Crippen LogP contribution in [0.4, 0.5) is 0 Å². The van der Waals surface area contributed by atoms with Crippen molar-refractivity contribution >= 4 is 39.0 Å². The van der Waals surface area contributed by atoms with Gasteiger partial charge in [-0.1, -0.05) is 115 Å². The molecule has 0 aliphatic heterocycles. The summed E-state index contributed by atoms with van der Waals surface area (Å²) in [4.78, 5) is 20.1. The lowest BCUT2D eigenvalue weighted by Gasteiger charge is -2.09. The number of para-hydroxylation sites is 2. The Bertz CT molecular complexity index is 2800. The van der Waals surface area contributed by atoms with Crippen molar-refractivity contribution in [2.24, 2.45) is 0 Å². The summed E-state index contributed by atoms with van der Waals surface area (Å²) in [6.07, 6.45) is 0. The molecular weight excluding hydrogens is 605 g/mol. The molecule has 230 valence electrons. The zero-order valence-electron chi connectivity index (χ0n) is 26.1. The van der Waals surface area contributed by atoms with E-state index in [2.05, 4.69) is 81.8 Å². The Morgan fingerprint density at radius 3 is 1.69 bits per heavy atom. The summed E-state index contributed by atoms with van der Waals surface area (Å²) < 4.78 is 10.8. The second-order valence-corrected chi connectivity index (χ2v) is 12.0. The number of rotatable bonds is 5. The molecule has 6 aromatic carbocycles. The second-order valence-electron chi connectivity index (χ2n) is 12.0. The van der Waals surface area contributed by atoms with Gasteiger partial charge in [0.2, 0.25) is 11.5 Å². The molecule has 0 fully saturated rings. The Morgan fingerprint density at radius 1 is 0.449 bits per heavy atom. The minimum absolute atomic E-state index is 0.579. The predicted molar refractivity (Wildman–Crippen MR) is 194 cm³/mol. The summed E-state index contributed by atoms with van der Waals surface area (Å²) >= 11 is 0. The fraction of sp³-hybridized carbons (Fsp3) is 0. The molecule has 10 aromatic rings. The van der Waals surface area contributed by atoms with Gasteiger partial charge in [0, 0.05) is 27.8 Å². The van der Waals surface area contributed by atoms with Crippen molar-refractivity contribution in [3.8, 4) is 51.0 Å². The van der Waals surface area contributed by atoms with E-state index in [4.69, 9.17) is 24.4 Å². The number of hydrogen-bond acceptors (Lipinski definition) is 5. The molecule has 0 saturated carbocycles. The molecule has 0 saturated heterocycles. The molecule has 0 N–H and O–H groups in total. The summed E-state index contributed by atoms with van der Waals surface area (Å²) in [5, 5.41) is 1.04. The Hall–Kier alpha value is -6.86. The molecule has 4 aromatic heterocycles. The standard InChI is InChI=1S/C42H26N6O/c1-4-12-27(13-5-1)28-20-22-30(23-21-28)39-44-38(29-14-6-2-7-15-29)45-40(46-39)31-24-25-35-34(26-31)43-42-47(32-16-8-3-9-17-32)37-33-18-10-11-19-36(33)49-41(37)48(35)42/h1-26H. The van der Waals surface area contributed by atoms with Gasteiger partial charge in [-0.05, 0) is 53.6 Å². The maximum absolute atomic E-state index is 6.48. The topological polar surface area (TPSA) is 74.0 Å². The zero-order chi connectivity index (χ0) is 32.3. The van der Waals surface area contributed by atoms with Crippen LogP contribution in [0.25, 0.3) is 90.0 Å². The second kappa shape index (κ2) is 10.9. The van der Waals surface area contributed by atoms with E-state index < -0.39 is 0 Å². The quantitative estimate of drug-likeness (QED) is 0.189. The van der Waals surface area contributed by atoms with Gasteiger partial charge in [-0.2, -0.15) is 0 Å². The first kappa shape index (κ1) is 27.3. The largest absolute Gasteiger partial charge is 0.437 e. The van der Waals surface area contributed by atoms with Crippen molar-refractivity contribution in [1.82, 2.24) is 28.9 Å². The number of imidazole rings is 2. The van der Waals surface area contributed by atoms with Crippen molar-refractivity contribution < 1.29 is 4.42 Å². The average molecular weight is 631 g/mol. The van der Waals surface area contributed by atoms with Crippen LogP contribution in [-0.4, -0.2) is 28.9 Å². The van der Waals surface area contributed by atoms with Gasteiger partial charge in [0.25, 0.3) is 0 Å². The van der Waals surface area contributed by atoms with Gasteiger partial charge >= 0.3 is 0 Å². The molecule has 0 unspecified atom stereocenters. The van der Waals surface area contributed by atoms with Crippen molar-refractivity contribution in [3.63, 3.8) is 0 Å². The molecule has 7 heteroatoms. The highest BCUT2D eigenvalue weighted by atomic mass is 16.3. The normalized spacial score (nSPS) is 11.7. The first-order chi connectivity index (χ1) is 24.3. The van der Waals surface area contributed by atoms with E-state index in [-0.39, 0.29) is 0 Å². The molecule has 0 atom stereocenters. The number of aromatic nitrogens is 6. The summed E-state index contributed by atoms with van der Waals surface area (Å²) in [6, 6.07) is 53.4. The molecule has 10 rings (SSSR count). The van der Waals surface area contributed by atoms with E-state index in [0.717, 1.165) is 72.5 Å². The van der Waals surface area contributed by atoms with E-state index in [1.807, 2.05) is 84.9 Å². The third kappa shape index (κ3) is 4.44. The summed E-state index contributed by atoms with van der Waals surface area (Å²) in [6.45, 7) is 0. The molecule has 0 bridgehead atoms. The van der Waals surface area contributed by atoms with Crippen LogP contribution in [-0.2, 0) is 0 Å². The fourth-order valence-electron chi connectivity index (χ4n) is 6.66. The molecule has 0 aliphatic rings. The Labute approximate surface area is 280 Å². The van der Waals surface area contributed by atoms with Crippen LogP contribution in [0.15, 0.2) is 162 Å². The SMILES string of the molecule is c1ccc(-c2ccc(-c3nc(-c4ccccc4)nc(-c4ccc5c(c4)nc4n(-c6ccccc6)c6c7ccccc7oc6n54)n3)cc2)cc1. The van der Waals surface area contributed by atoms with Crippen molar-refractivity contribution in [1.29, 1.82) is 0 Å². The lowest BCUT2D eigenvalue weighted by Crippen LogP contribution is -2.00. The molecule has 0 aliphatic carbocycles. The molecule has 0 radical (unpaired) electrons. The van der Waals surface area contributed by atoms with Gasteiger partial charge in [0.15, 0.2) is 17.5 Å². The number of benzene rings is 6. The first-order valence-electron chi connectivity index (χ1n) is 16.2. The van der Waals surface area contributed by atoms with Gasteiger partial charge in [-0.15, -0.1) is 0 Å². The average Bonchev–Trinajstić information content (AvgIpc) is 3.83. The summed E-state index contributed by atoms with van der Waals surface area (Å²) in [5.41, 5.74) is 10.3. The van der Waals surface area contributed by atoms with Crippen LogP contribution < -0.4 is 0 Å². The Kier molecular flexibility index (Phi) is 6.04. The van der Waals surface area contributed by atoms with Gasteiger partial charge in [-0.25, -0.2) is 24.3 Å². The Balaban J connectivity index is 1.15. The predicted octanol–water partition coefficient (Wildman–Crippen LogP) is 10.0. The zero-order valence-corrected chi connectivity index (χ0v) is 26.1. The first-order valence-corrected chi connectivity index (χ1v) is 16.2. The van der Waals surface area contributed by atoms with E-state index in [9.17, 15) is 0 Å². The molecule has 0 spiro atoms. The third-order valence-electron chi connectivity index (χ3n) is 9.01. The highest BCUT2D eigenvalue weighted by molar-refractivity contribution is 6.06. The van der Waals surface area contributed by atoms with Crippen molar-refractivity contribution in [2.45, 2.75) is 0 Å². The number of hydrogen-bond donors (Lipinski definition) is 0. The Morgan fingerprint density at radius 2 is 0.980 bits per heavy atom. The van der Waals surface area contributed by atoms with Crippen molar-refractivity contribution in [3.05, 3.63) is 158 Å². The highest BCUT2D eigenvalue weighted by Crippen LogP contribution is 2.37. The number of fused-ring (bicyclic) bond motifs is 7. The van der Waals surface area contributed by atoms with Gasteiger partial charge in [-0.3, -0.25) is 4.57 Å². The minimum atomic E-state index is 0.579. The van der Waals surface area contributed by atoms with E-state index in [1.165, 1.54) is 0 Å². The molecular formula is C42H26N6O. The lowest BCUT2D eigenvalue weighted by atomic mass is 10.0. The molecule has 49 heavy (non-hydrogen) atoms. The smallest absolute Gasteiger partial charge is 0.232 e. The van der Waals surface area contributed by atoms with Crippen LogP contribution in [0, 0.1) is 0 Å². The number of furan rings is 1. The van der Waals surface area contributed by atoms with E-state index >= 15 is 0 Å². The van der Waals surface area contributed by atoms with Gasteiger partial charge in [0.05, 0.1) is 11.0 Å². The van der Waals surface area contributed by atoms with Crippen LogP contribution in [0.5, 0.6) is 0 Å². The van der Waals surface area contributed by atoms with Crippen LogP contribution in [0.3, 0.4) is 0 Å². The summed E-state index contributed by atoms with van der Waals surface area (Å²) in [7, 11) is 0. The number of nitrogens with zero attached hydrogens (tertiary/aromatic N) is 6. The van der Waals surface area contributed by atoms with Crippen LogP contribution >= 0.6 is 0 Å². The third-order valence-corrected chi connectivity index (χ3v) is 9.01.